The van der Waals surface area contributed by atoms with Gasteiger partial charge in [-0.25, -0.2) is 0 Å². The van der Waals surface area contributed by atoms with Crippen LogP contribution in [-0.4, -0.2) is 15.9 Å². The smallest absolute Gasteiger partial charge is 0.272 e. The summed E-state index contributed by atoms with van der Waals surface area (Å²) in [7, 11) is 0. The normalized spacial score (nSPS) is 9.73. The number of halogens is 1. The van der Waals surface area contributed by atoms with Crippen LogP contribution >= 0.6 is 15.9 Å². The van der Waals surface area contributed by atoms with E-state index in [0.29, 0.717) is 0 Å². The number of nitro groups is 1. The lowest BCUT2D eigenvalue weighted by molar-refractivity contribution is -0.384. The number of phenols is 1. The fourth-order valence-corrected chi connectivity index (χ4v) is 1.42. The van der Waals surface area contributed by atoms with Gasteiger partial charge >= 0.3 is 0 Å². The van der Waals surface area contributed by atoms with Crippen LogP contribution in [-0.2, 0) is 4.79 Å². The number of phenolic OH excluding ortho intramolecular Hbond substituents is 1. The van der Waals surface area contributed by atoms with E-state index >= 15 is 0 Å². The molecule has 0 atom stereocenters. The number of nitro benzene ring substituents is 1. The third kappa shape index (κ3) is 2.66. The average molecular weight is 275 g/mol. The molecule has 6 nitrogen and oxygen atoms in total. The number of benzene rings is 1. The Morgan fingerprint density at radius 1 is 1.60 bits per heavy atom. The Morgan fingerprint density at radius 2 is 2.20 bits per heavy atom. The van der Waals surface area contributed by atoms with Gasteiger partial charge in [-0.2, -0.15) is 0 Å². The third-order valence-corrected chi connectivity index (χ3v) is 2.17. The van der Waals surface area contributed by atoms with E-state index in [0.717, 1.165) is 12.1 Å². The van der Waals surface area contributed by atoms with Crippen molar-refractivity contribution >= 4 is 33.2 Å². The second-order valence-corrected chi connectivity index (χ2v) is 3.62. The van der Waals surface area contributed by atoms with Gasteiger partial charge in [0.2, 0.25) is 5.91 Å². The molecule has 0 aliphatic rings. The molecule has 1 aromatic rings. The average Bonchev–Trinajstić information content (AvgIpc) is 2.11. The molecule has 0 fully saturated rings. The van der Waals surface area contributed by atoms with Gasteiger partial charge in [0, 0.05) is 19.1 Å². The van der Waals surface area contributed by atoms with Crippen molar-refractivity contribution in [3.63, 3.8) is 0 Å². The fraction of sp³-hybridized carbons (Fsp3) is 0.125. The van der Waals surface area contributed by atoms with Crippen molar-refractivity contribution in [2.45, 2.75) is 6.92 Å². The number of rotatable bonds is 2. The van der Waals surface area contributed by atoms with Crippen LogP contribution in [0.2, 0.25) is 0 Å². The van der Waals surface area contributed by atoms with Crippen LogP contribution in [0.3, 0.4) is 0 Å². The lowest BCUT2D eigenvalue weighted by Gasteiger charge is -2.06. The lowest BCUT2D eigenvalue weighted by atomic mass is 10.2. The molecule has 0 aliphatic heterocycles. The molecule has 0 aliphatic carbocycles. The van der Waals surface area contributed by atoms with E-state index in [-0.39, 0.29) is 21.6 Å². The Balaban J connectivity index is 3.24. The first-order chi connectivity index (χ1) is 6.91. The number of carbonyl (C=O) groups excluding carboxylic acids is 1. The number of non-ortho nitro benzene ring substituents is 1. The molecule has 1 aromatic carbocycles. The second kappa shape index (κ2) is 4.26. The Labute approximate surface area is 93.2 Å². The van der Waals surface area contributed by atoms with Crippen LogP contribution in [0.15, 0.2) is 16.6 Å². The van der Waals surface area contributed by atoms with E-state index in [9.17, 15) is 20.0 Å². The van der Waals surface area contributed by atoms with Crippen molar-refractivity contribution in [3.05, 3.63) is 26.7 Å². The van der Waals surface area contributed by atoms with E-state index in [1.807, 2.05) is 0 Å². The summed E-state index contributed by atoms with van der Waals surface area (Å²) in [5.41, 5.74) is -0.216. The molecular weight excluding hydrogens is 268 g/mol. The van der Waals surface area contributed by atoms with Crippen LogP contribution in [0.25, 0.3) is 0 Å². The SMILES string of the molecule is CC(=O)Nc1cc([N+](=O)[O-])cc(Br)c1O. The summed E-state index contributed by atoms with van der Waals surface area (Å²) in [5.74, 6) is -0.659. The molecular formula is C8H7BrN2O4. The largest absolute Gasteiger partial charge is 0.505 e. The number of nitrogens with zero attached hydrogens (tertiary/aromatic N) is 1. The Morgan fingerprint density at radius 3 is 2.67 bits per heavy atom. The zero-order valence-electron chi connectivity index (χ0n) is 7.65. The topological polar surface area (TPSA) is 92.5 Å². The molecule has 0 bridgehead atoms. The van der Waals surface area contributed by atoms with E-state index in [1.54, 1.807) is 0 Å². The van der Waals surface area contributed by atoms with Gasteiger partial charge in [-0.15, -0.1) is 0 Å². The molecule has 0 radical (unpaired) electrons. The van der Waals surface area contributed by atoms with Crippen molar-refractivity contribution in [1.29, 1.82) is 0 Å². The summed E-state index contributed by atoms with van der Waals surface area (Å²) in [6, 6.07) is 2.24. The Kier molecular flexibility index (Phi) is 3.25. The summed E-state index contributed by atoms with van der Waals surface area (Å²) in [6.45, 7) is 1.24. The van der Waals surface area contributed by atoms with Gasteiger partial charge in [-0.05, 0) is 15.9 Å². The quantitative estimate of drug-likeness (QED) is 0.490. The minimum absolute atomic E-state index is 0.00331. The molecule has 0 heterocycles. The third-order valence-electron chi connectivity index (χ3n) is 1.57. The predicted molar refractivity (Wildman–Crippen MR) is 56.8 cm³/mol. The van der Waals surface area contributed by atoms with Crippen molar-refractivity contribution < 1.29 is 14.8 Å². The molecule has 0 saturated carbocycles. The van der Waals surface area contributed by atoms with Gasteiger partial charge in [0.15, 0.2) is 5.75 Å². The molecule has 80 valence electrons. The minimum atomic E-state index is -0.616. The van der Waals surface area contributed by atoms with Crippen molar-refractivity contribution in [2.75, 3.05) is 5.32 Å². The van der Waals surface area contributed by atoms with Crippen molar-refractivity contribution in [2.24, 2.45) is 0 Å². The standard InChI is InChI=1S/C8H7BrN2O4/c1-4(12)10-7-3-5(11(14)15)2-6(9)8(7)13/h2-3,13H,1H3,(H,10,12). The molecule has 0 saturated heterocycles. The molecule has 15 heavy (non-hydrogen) atoms. The number of nitrogens with one attached hydrogen (secondary N) is 1. The summed E-state index contributed by atoms with van der Waals surface area (Å²) < 4.78 is 0.153. The van der Waals surface area contributed by atoms with Gasteiger partial charge in [0.25, 0.3) is 5.69 Å². The van der Waals surface area contributed by atoms with Crippen LogP contribution in [0, 0.1) is 10.1 Å². The number of hydrogen-bond acceptors (Lipinski definition) is 4. The maximum atomic E-state index is 10.8. The molecule has 0 aromatic heterocycles. The fourth-order valence-electron chi connectivity index (χ4n) is 0.975. The first-order valence-electron chi connectivity index (χ1n) is 3.86. The van der Waals surface area contributed by atoms with E-state index in [1.165, 1.54) is 6.92 Å². The number of amides is 1. The maximum Gasteiger partial charge on any atom is 0.272 e. The van der Waals surface area contributed by atoms with E-state index < -0.39 is 10.8 Å². The van der Waals surface area contributed by atoms with Crippen LogP contribution < -0.4 is 5.32 Å². The molecule has 1 rings (SSSR count). The predicted octanol–water partition coefficient (Wildman–Crippen LogP) is 2.02. The highest BCUT2D eigenvalue weighted by Gasteiger charge is 2.15. The number of anilines is 1. The maximum absolute atomic E-state index is 10.8. The first kappa shape index (κ1) is 11.4. The zero-order valence-corrected chi connectivity index (χ0v) is 9.24. The van der Waals surface area contributed by atoms with Crippen LogP contribution in [0.4, 0.5) is 11.4 Å². The molecule has 0 spiro atoms. The number of hydrogen-bond donors (Lipinski definition) is 2. The highest BCUT2D eigenvalue weighted by atomic mass is 79.9. The van der Waals surface area contributed by atoms with Crippen LogP contribution in [0.5, 0.6) is 5.75 Å². The summed E-state index contributed by atoms with van der Waals surface area (Å²) in [6.07, 6.45) is 0. The summed E-state index contributed by atoms with van der Waals surface area (Å²) in [5, 5.41) is 22.2. The van der Waals surface area contributed by atoms with Crippen LogP contribution in [0.1, 0.15) is 6.92 Å². The molecule has 0 unspecified atom stereocenters. The zero-order chi connectivity index (χ0) is 11.6. The van der Waals surface area contributed by atoms with Crippen molar-refractivity contribution in [3.8, 4) is 5.75 Å². The first-order valence-corrected chi connectivity index (χ1v) is 4.65. The molecule has 2 N–H and O–H groups in total. The second-order valence-electron chi connectivity index (χ2n) is 2.76. The Hall–Kier alpha value is -1.63. The molecule has 7 heteroatoms. The number of aromatic hydroxyl groups is 1. The lowest BCUT2D eigenvalue weighted by Crippen LogP contribution is -2.06. The minimum Gasteiger partial charge on any atom is -0.505 e. The van der Waals surface area contributed by atoms with Gasteiger partial charge in [0.1, 0.15) is 0 Å². The number of carbonyl (C=O) groups is 1. The summed E-state index contributed by atoms with van der Waals surface area (Å²) in [4.78, 5) is 20.6. The highest BCUT2D eigenvalue weighted by molar-refractivity contribution is 9.10. The van der Waals surface area contributed by atoms with Gasteiger partial charge < -0.3 is 10.4 Å². The highest BCUT2D eigenvalue weighted by Crippen LogP contribution is 2.36. The molecule has 1 amide bonds. The summed E-state index contributed by atoms with van der Waals surface area (Å²) >= 11 is 2.95. The van der Waals surface area contributed by atoms with E-state index in [4.69, 9.17) is 0 Å². The van der Waals surface area contributed by atoms with Crippen molar-refractivity contribution in [1.82, 2.24) is 0 Å². The van der Waals surface area contributed by atoms with Gasteiger partial charge in [0.05, 0.1) is 15.1 Å². The monoisotopic (exact) mass is 274 g/mol. The van der Waals surface area contributed by atoms with Gasteiger partial charge in [-0.1, -0.05) is 0 Å². The Bertz CT molecular complexity index is 433. The van der Waals surface area contributed by atoms with E-state index in [2.05, 4.69) is 21.2 Å². The van der Waals surface area contributed by atoms with Gasteiger partial charge in [-0.3, -0.25) is 14.9 Å².